The number of rotatable bonds is 5. The number of carbonyl (C=O) groups excluding carboxylic acids is 2. The average Bonchev–Trinajstić information content (AvgIpc) is 3.38. The van der Waals surface area contributed by atoms with Gasteiger partial charge in [0.15, 0.2) is 5.13 Å². The molecular formula is C26H19BrN2O4S. The van der Waals surface area contributed by atoms with Crippen molar-refractivity contribution in [2.75, 3.05) is 11.5 Å². The molecule has 1 aromatic heterocycles. The topological polar surface area (TPSA) is 79.7 Å². The number of halogens is 1. The fourth-order valence-electron chi connectivity index (χ4n) is 3.99. The Balaban J connectivity index is 1.69. The van der Waals surface area contributed by atoms with Gasteiger partial charge in [-0.25, -0.2) is 4.98 Å². The van der Waals surface area contributed by atoms with Gasteiger partial charge >= 0.3 is 5.91 Å². The number of aliphatic hydroxyl groups excluding tert-OH is 1. The van der Waals surface area contributed by atoms with E-state index in [1.54, 1.807) is 24.3 Å². The molecule has 34 heavy (non-hydrogen) atoms. The maximum Gasteiger partial charge on any atom is 0.301 e. The third-order valence-corrected chi connectivity index (χ3v) is 7.09. The first-order valence-electron chi connectivity index (χ1n) is 10.6. The fourth-order valence-corrected chi connectivity index (χ4v) is 5.28. The maximum absolute atomic E-state index is 13.3. The van der Waals surface area contributed by atoms with E-state index in [4.69, 9.17) is 4.74 Å². The molecule has 1 unspecified atom stereocenters. The smallest absolute Gasteiger partial charge is 0.301 e. The summed E-state index contributed by atoms with van der Waals surface area (Å²) in [6.45, 7) is 2.45. The van der Waals surface area contributed by atoms with Crippen LogP contribution in [0.1, 0.15) is 24.1 Å². The fraction of sp³-hybridized carbons (Fsp3) is 0.115. The van der Waals surface area contributed by atoms with E-state index in [2.05, 4.69) is 20.9 Å². The predicted molar refractivity (Wildman–Crippen MR) is 136 cm³/mol. The van der Waals surface area contributed by atoms with Crippen molar-refractivity contribution < 1.29 is 19.4 Å². The van der Waals surface area contributed by atoms with Crippen molar-refractivity contribution in [3.05, 3.63) is 94.0 Å². The summed E-state index contributed by atoms with van der Waals surface area (Å²) >= 11 is 4.73. The molecule has 0 bridgehead atoms. The van der Waals surface area contributed by atoms with Crippen LogP contribution in [0.15, 0.2) is 82.8 Å². The largest absolute Gasteiger partial charge is 0.507 e. The Morgan fingerprint density at radius 3 is 2.53 bits per heavy atom. The molecule has 0 spiro atoms. The summed E-state index contributed by atoms with van der Waals surface area (Å²) in [5.41, 5.74) is 1.89. The summed E-state index contributed by atoms with van der Waals surface area (Å²) in [5.74, 6) is -0.979. The number of Topliss-reactive ketones (excluding diaryl/α,β-unsaturated/α-hetero) is 1. The summed E-state index contributed by atoms with van der Waals surface area (Å²) < 4.78 is 7.28. The van der Waals surface area contributed by atoms with Crippen molar-refractivity contribution in [1.82, 2.24) is 4.98 Å². The third kappa shape index (κ3) is 3.89. The second kappa shape index (κ2) is 9.04. The highest BCUT2D eigenvalue weighted by Crippen LogP contribution is 2.44. The first-order valence-corrected chi connectivity index (χ1v) is 12.2. The van der Waals surface area contributed by atoms with Gasteiger partial charge in [0.25, 0.3) is 5.78 Å². The summed E-state index contributed by atoms with van der Waals surface area (Å²) in [7, 11) is 0. The standard InChI is InChI=1S/C26H19BrN2O4S/c1-2-33-18-12-13-19-20(14-18)34-26(28-19)29-22(15-8-10-17(27)11-9-15)21(24(31)25(29)32)23(30)16-6-4-3-5-7-16/h3-14,22,30H,2H2,1H3/b23-21+. The quantitative estimate of drug-likeness (QED) is 0.190. The van der Waals surface area contributed by atoms with Crippen LogP contribution in [0.3, 0.4) is 0 Å². The number of hydrogen-bond acceptors (Lipinski definition) is 6. The Morgan fingerprint density at radius 2 is 1.82 bits per heavy atom. The number of anilines is 1. The lowest BCUT2D eigenvalue weighted by atomic mass is 9.95. The van der Waals surface area contributed by atoms with Crippen LogP contribution >= 0.6 is 27.3 Å². The zero-order valence-electron chi connectivity index (χ0n) is 18.1. The molecule has 0 aliphatic carbocycles. The van der Waals surface area contributed by atoms with Gasteiger partial charge in [-0.15, -0.1) is 0 Å². The van der Waals surface area contributed by atoms with Crippen LogP contribution < -0.4 is 9.64 Å². The van der Waals surface area contributed by atoms with Gasteiger partial charge < -0.3 is 9.84 Å². The van der Waals surface area contributed by atoms with Crippen molar-refractivity contribution in [2.45, 2.75) is 13.0 Å². The van der Waals surface area contributed by atoms with Crippen LogP contribution in [0.2, 0.25) is 0 Å². The molecule has 1 saturated heterocycles. The van der Waals surface area contributed by atoms with E-state index < -0.39 is 17.7 Å². The Labute approximate surface area is 208 Å². The first kappa shape index (κ1) is 22.3. The monoisotopic (exact) mass is 534 g/mol. The number of fused-ring (bicyclic) bond motifs is 1. The van der Waals surface area contributed by atoms with Gasteiger partial charge in [0.05, 0.1) is 28.4 Å². The van der Waals surface area contributed by atoms with E-state index >= 15 is 0 Å². The molecule has 1 aliphatic rings. The Morgan fingerprint density at radius 1 is 1.09 bits per heavy atom. The molecule has 1 fully saturated rings. The molecule has 2 heterocycles. The average molecular weight is 535 g/mol. The molecule has 3 aromatic carbocycles. The van der Waals surface area contributed by atoms with E-state index in [9.17, 15) is 14.7 Å². The number of aromatic nitrogens is 1. The number of nitrogens with zero attached hydrogens (tertiary/aromatic N) is 2. The molecule has 0 radical (unpaired) electrons. The van der Waals surface area contributed by atoms with Crippen LogP contribution in [0.5, 0.6) is 5.75 Å². The highest BCUT2D eigenvalue weighted by molar-refractivity contribution is 9.10. The molecule has 5 rings (SSSR count). The lowest BCUT2D eigenvalue weighted by Crippen LogP contribution is -2.29. The molecule has 1 atom stereocenters. The molecule has 8 heteroatoms. The minimum Gasteiger partial charge on any atom is -0.507 e. The molecule has 6 nitrogen and oxygen atoms in total. The number of amides is 1. The van der Waals surface area contributed by atoms with E-state index in [-0.39, 0.29) is 11.3 Å². The number of hydrogen-bond donors (Lipinski definition) is 1. The van der Waals surface area contributed by atoms with Crippen LogP contribution in [-0.2, 0) is 9.59 Å². The summed E-state index contributed by atoms with van der Waals surface area (Å²) in [6.07, 6.45) is 0. The zero-order chi connectivity index (χ0) is 23.8. The lowest BCUT2D eigenvalue weighted by molar-refractivity contribution is -0.132. The second-order valence-electron chi connectivity index (χ2n) is 7.65. The second-order valence-corrected chi connectivity index (χ2v) is 9.57. The molecule has 170 valence electrons. The first-order chi connectivity index (χ1) is 16.5. The number of carbonyl (C=O) groups is 2. The molecule has 1 N–H and O–H groups in total. The molecule has 0 saturated carbocycles. The lowest BCUT2D eigenvalue weighted by Gasteiger charge is -2.23. The Kier molecular flexibility index (Phi) is 5.93. The van der Waals surface area contributed by atoms with Crippen molar-refractivity contribution >= 4 is 60.1 Å². The van der Waals surface area contributed by atoms with E-state index in [1.165, 1.54) is 16.2 Å². The van der Waals surface area contributed by atoms with Gasteiger partial charge in [-0.05, 0) is 42.8 Å². The van der Waals surface area contributed by atoms with Crippen molar-refractivity contribution in [1.29, 1.82) is 0 Å². The third-order valence-electron chi connectivity index (χ3n) is 5.54. The van der Waals surface area contributed by atoms with Crippen LogP contribution in [0.4, 0.5) is 5.13 Å². The van der Waals surface area contributed by atoms with Gasteiger partial charge in [-0.1, -0.05) is 69.7 Å². The van der Waals surface area contributed by atoms with Gasteiger partial charge in [-0.3, -0.25) is 14.5 Å². The van der Waals surface area contributed by atoms with E-state index in [1.807, 2.05) is 55.5 Å². The van der Waals surface area contributed by atoms with E-state index in [0.717, 1.165) is 9.17 Å². The Hall–Kier alpha value is -3.49. The Bertz CT molecular complexity index is 1430. The van der Waals surface area contributed by atoms with Gasteiger partial charge in [0, 0.05) is 10.0 Å². The number of benzene rings is 3. The van der Waals surface area contributed by atoms with Crippen LogP contribution in [0.25, 0.3) is 16.0 Å². The minimum atomic E-state index is -0.819. The molecule has 4 aromatic rings. The molecule has 1 amide bonds. The molecule has 1 aliphatic heterocycles. The highest BCUT2D eigenvalue weighted by Gasteiger charge is 2.48. The van der Waals surface area contributed by atoms with Crippen LogP contribution in [-0.4, -0.2) is 28.4 Å². The normalized spacial score (nSPS) is 17.5. The number of thiazole rings is 1. The van der Waals surface area contributed by atoms with Crippen LogP contribution in [0, 0.1) is 0 Å². The summed E-state index contributed by atoms with van der Waals surface area (Å²) in [6, 6.07) is 20.8. The summed E-state index contributed by atoms with van der Waals surface area (Å²) in [4.78, 5) is 32.6. The van der Waals surface area contributed by atoms with Gasteiger partial charge in [0.2, 0.25) is 0 Å². The number of ether oxygens (including phenoxy) is 1. The van der Waals surface area contributed by atoms with Crippen molar-refractivity contribution in [3.8, 4) is 5.75 Å². The van der Waals surface area contributed by atoms with E-state index in [0.29, 0.717) is 34.1 Å². The summed E-state index contributed by atoms with van der Waals surface area (Å²) in [5, 5.41) is 11.5. The van der Waals surface area contributed by atoms with Crippen molar-refractivity contribution in [2.24, 2.45) is 0 Å². The SMILES string of the molecule is CCOc1ccc2nc(N3C(=O)C(=O)/C(=C(/O)c4ccccc4)C3c3ccc(Br)cc3)sc2c1. The highest BCUT2D eigenvalue weighted by atomic mass is 79.9. The number of aliphatic hydroxyl groups is 1. The van der Waals surface area contributed by atoms with Gasteiger partial charge in [-0.2, -0.15) is 0 Å². The van der Waals surface area contributed by atoms with Gasteiger partial charge in [0.1, 0.15) is 11.5 Å². The maximum atomic E-state index is 13.3. The predicted octanol–water partition coefficient (Wildman–Crippen LogP) is 6.08. The minimum absolute atomic E-state index is 0.0350. The molecular weight excluding hydrogens is 516 g/mol. The van der Waals surface area contributed by atoms with Crippen molar-refractivity contribution in [3.63, 3.8) is 0 Å². The zero-order valence-corrected chi connectivity index (χ0v) is 20.5. The number of ketones is 1.